The van der Waals surface area contributed by atoms with E-state index in [9.17, 15) is 14.4 Å². The van der Waals surface area contributed by atoms with Gasteiger partial charge in [-0.1, -0.05) is 23.9 Å². The molecule has 3 N–H and O–H groups in total. The van der Waals surface area contributed by atoms with Gasteiger partial charge in [-0.25, -0.2) is 4.98 Å². The molecule has 3 aromatic heterocycles. The molecule has 3 heterocycles. The van der Waals surface area contributed by atoms with E-state index in [1.165, 1.54) is 35.4 Å². The Labute approximate surface area is 161 Å². The Balaban J connectivity index is 1.94. The molecule has 8 nitrogen and oxygen atoms in total. The number of nitrogens with zero attached hydrogens (tertiary/aromatic N) is 1. The predicted octanol–water partition coefficient (Wildman–Crippen LogP) is 3.21. The van der Waals surface area contributed by atoms with Crippen LogP contribution < -0.4 is 16.2 Å². The summed E-state index contributed by atoms with van der Waals surface area (Å²) in [6.07, 6.45) is 3.00. The summed E-state index contributed by atoms with van der Waals surface area (Å²) in [5.41, 5.74) is -0.743. The van der Waals surface area contributed by atoms with Gasteiger partial charge in [0, 0.05) is 5.75 Å². The minimum Gasteiger partial charge on any atom is -0.459 e. The van der Waals surface area contributed by atoms with Crippen LogP contribution in [0.1, 0.15) is 20.2 Å². The van der Waals surface area contributed by atoms with Gasteiger partial charge in [0.15, 0.2) is 22.4 Å². The fourth-order valence-corrected chi connectivity index (χ4v) is 3.24. The number of carbonyl (C=O) groups is 2. The van der Waals surface area contributed by atoms with Crippen LogP contribution in [0.15, 0.2) is 62.9 Å². The maximum Gasteiger partial charge on any atom is 0.292 e. The van der Waals surface area contributed by atoms with Gasteiger partial charge in [-0.2, -0.15) is 0 Å². The lowest BCUT2D eigenvalue weighted by molar-refractivity contribution is 0.0993. The summed E-state index contributed by atoms with van der Waals surface area (Å²) in [5.74, 6) is -0.582. The van der Waals surface area contributed by atoms with Gasteiger partial charge in [-0.3, -0.25) is 19.4 Å². The Bertz CT molecular complexity index is 1010. The van der Waals surface area contributed by atoms with Crippen molar-refractivity contribution in [2.75, 3.05) is 16.4 Å². The highest BCUT2D eigenvalue weighted by Gasteiger charge is 2.19. The third-order valence-electron chi connectivity index (χ3n) is 3.20. The minimum atomic E-state index is -0.593. The molecule has 0 aliphatic rings. The first-order chi connectivity index (χ1) is 13.1. The highest BCUT2D eigenvalue weighted by molar-refractivity contribution is 7.99. The average molecular weight is 402 g/mol. The summed E-state index contributed by atoms with van der Waals surface area (Å²) in [4.78, 5) is 44.3. The molecule has 0 bridgehead atoms. The molecule has 27 heavy (non-hydrogen) atoms. The zero-order chi connectivity index (χ0) is 19.2. The lowest BCUT2D eigenvalue weighted by atomic mass is 10.3. The number of nitrogens with one attached hydrogen (secondary N) is 3. The second-order valence-corrected chi connectivity index (χ2v) is 7.01. The van der Waals surface area contributed by atoms with Crippen molar-refractivity contribution in [1.29, 1.82) is 0 Å². The number of hydrogen-bond acceptors (Lipinski definition) is 7. The number of rotatable bonds is 7. The van der Waals surface area contributed by atoms with Crippen molar-refractivity contribution in [3.8, 4) is 0 Å². The normalized spacial score (nSPS) is 10.4. The van der Waals surface area contributed by atoms with Crippen LogP contribution in [0.3, 0.4) is 0 Å². The third kappa shape index (κ3) is 4.54. The Kier molecular flexibility index (Phi) is 5.89. The van der Waals surface area contributed by atoms with Gasteiger partial charge >= 0.3 is 0 Å². The molecule has 0 saturated carbocycles. The molecular weight excluding hydrogens is 388 g/mol. The van der Waals surface area contributed by atoms with Crippen LogP contribution in [-0.4, -0.2) is 27.5 Å². The van der Waals surface area contributed by atoms with Crippen LogP contribution in [0.4, 0.5) is 11.5 Å². The van der Waals surface area contributed by atoms with Crippen LogP contribution in [0, 0.1) is 0 Å². The van der Waals surface area contributed by atoms with E-state index in [-0.39, 0.29) is 22.4 Å². The number of amides is 2. The minimum absolute atomic E-state index is 0.0490. The van der Waals surface area contributed by atoms with Gasteiger partial charge in [0.05, 0.1) is 11.1 Å². The van der Waals surface area contributed by atoms with Gasteiger partial charge in [0.1, 0.15) is 0 Å². The fourth-order valence-electron chi connectivity index (χ4n) is 2.02. The van der Waals surface area contributed by atoms with Gasteiger partial charge in [-0.05, 0) is 23.6 Å². The van der Waals surface area contributed by atoms with Crippen LogP contribution in [0.5, 0.6) is 0 Å². The van der Waals surface area contributed by atoms with Crippen LogP contribution in [-0.2, 0) is 0 Å². The molecule has 0 atom stereocenters. The van der Waals surface area contributed by atoms with Crippen molar-refractivity contribution in [3.63, 3.8) is 0 Å². The van der Waals surface area contributed by atoms with Crippen molar-refractivity contribution in [1.82, 2.24) is 9.97 Å². The number of anilines is 2. The van der Waals surface area contributed by atoms with Crippen molar-refractivity contribution in [2.45, 2.75) is 5.16 Å². The number of H-pyrrole nitrogens is 1. The Morgan fingerprint density at radius 3 is 2.81 bits per heavy atom. The topological polar surface area (TPSA) is 117 Å². The van der Waals surface area contributed by atoms with E-state index in [0.29, 0.717) is 10.6 Å². The largest absolute Gasteiger partial charge is 0.459 e. The fraction of sp³-hybridized carbons (Fsp3) is 0.0588. The summed E-state index contributed by atoms with van der Waals surface area (Å²) in [6.45, 7) is 3.61. The molecule has 0 aliphatic heterocycles. The first kappa shape index (κ1) is 18.7. The summed E-state index contributed by atoms with van der Waals surface area (Å²) >= 11 is 2.45. The molecule has 0 radical (unpaired) electrons. The maximum atomic E-state index is 12.5. The second kappa shape index (κ2) is 8.52. The number of carbonyl (C=O) groups excluding carboxylic acids is 2. The monoisotopic (exact) mass is 402 g/mol. The van der Waals surface area contributed by atoms with E-state index in [2.05, 4.69) is 27.2 Å². The van der Waals surface area contributed by atoms with Crippen molar-refractivity contribution >= 4 is 46.4 Å². The van der Waals surface area contributed by atoms with E-state index in [1.54, 1.807) is 29.7 Å². The molecule has 3 aromatic rings. The first-order valence-corrected chi connectivity index (χ1v) is 9.52. The maximum absolute atomic E-state index is 12.5. The molecular formula is C17H14N4O4S2. The first-order valence-electron chi connectivity index (χ1n) is 7.66. The highest BCUT2D eigenvalue weighted by atomic mass is 32.2. The summed E-state index contributed by atoms with van der Waals surface area (Å²) in [6, 6.07) is 6.37. The van der Waals surface area contributed by atoms with E-state index in [0.717, 1.165) is 0 Å². The molecule has 0 unspecified atom stereocenters. The smallest absolute Gasteiger partial charge is 0.292 e. The Morgan fingerprint density at radius 1 is 1.30 bits per heavy atom. The van der Waals surface area contributed by atoms with Gasteiger partial charge in [0.2, 0.25) is 0 Å². The van der Waals surface area contributed by atoms with Gasteiger partial charge in [-0.15, -0.1) is 17.9 Å². The molecule has 0 aliphatic carbocycles. The number of thioether (sulfide) groups is 1. The van der Waals surface area contributed by atoms with E-state index < -0.39 is 17.4 Å². The third-order valence-corrected chi connectivity index (χ3v) is 4.93. The van der Waals surface area contributed by atoms with Crippen molar-refractivity contribution in [2.24, 2.45) is 0 Å². The molecule has 138 valence electrons. The number of hydrogen-bond donors (Lipinski definition) is 3. The lowest BCUT2D eigenvalue weighted by Crippen LogP contribution is -2.24. The molecule has 10 heteroatoms. The van der Waals surface area contributed by atoms with Crippen molar-refractivity contribution < 1.29 is 14.0 Å². The average Bonchev–Trinajstić information content (AvgIpc) is 3.36. The lowest BCUT2D eigenvalue weighted by Gasteiger charge is -2.11. The highest BCUT2D eigenvalue weighted by Crippen LogP contribution is 2.21. The van der Waals surface area contributed by atoms with Crippen molar-refractivity contribution in [3.05, 3.63) is 69.6 Å². The molecule has 0 spiro atoms. The zero-order valence-corrected chi connectivity index (χ0v) is 15.5. The number of thiophene rings is 1. The van der Waals surface area contributed by atoms with Crippen LogP contribution in [0.25, 0.3) is 0 Å². The quantitative estimate of drug-likeness (QED) is 0.317. The van der Waals surface area contributed by atoms with Gasteiger partial charge < -0.3 is 15.1 Å². The summed E-state index contributed by atoms with van der Waals surface area (Å²) < 4.78 is 5.04. The molecule has 0 fully saturated rings. The standard InChI is InChI=1S/C17H14N4O4S2/c1-2-8-27-17-20-13(19-14(22)10-5-3-7-25-10)12(16(24)21-17)18-15(23)11-6-4-9-26-11/h2-7,9H,1,8H2,(H,18,23)(H2,19,20,21,22,24). The van der Waals surface area contributed by atoms with E-state index >= 15 is 0 Å². The van der Waals surface area contributed by atoms with Gasteiger partial charge in [0.25, 0.3) is 17.4 Å². The predicted molar refractivity (Wildman–Crippen MR) is 105 cm³/mol. The zero-order valence-electron chi connectivity index (χ0n) is 13.9. The number of furan rings is 1. The second-order valence-electron chi connectivity index (χ2n) is 5.06. The molecule has 0 saturated heterocycles. The van der Waals surface area contributed by atoms with E-state index in [4.69, 9.17) is 4.42 Å². The SMILES string of the molecule is C=CCSc1nc(NC(=O)c2ccco2)c(NC(=O)c2cccs2)c(=O)[nH]1. The number of aromatic nitrogens is 2. The molecule has 0 aromatic carbocycles. The molecule has 3 rings (SSSR count). The van der Waals surface area contributed by atoms with Crippen LogP contribution in [0.2, 0.25) is 0 Å². The Morgan fingerprint density at radius 2 is 2.15 bits per heavy atom. The Hall–Kier alpha value is -3.11. The summed E-state index contributed by atoms with van der Waals surface area (Å²) in [5, 5.41) is 7.04. The number of aromatic amines is 1. The van der Waals surface area contributed by atoms with E-state index in [1.807, 2.05) is 0 Å². The molecule has 2 amide bonds. The summed E-state index contributed by atoms with van der Waals surface area (Å²) in [7, 11) is 0. The van der Waals surface area contributed by atoms with Crippen LogP contribution >= 0.6 is 23.1 Å².